The third-order valence-corrected chi connectivity index (χ3v) is 14.3. The fourth-order valence-electron chi connectivity index (χ4n) is 8.63. The van der Waals surface area contributed by atoms with E-state index in [1.54, 1.807) is 43.5 Å². The molecule has 0 bridgehead atoms. The van der Waals surface area contributed by atoms with Crippen LogP contribution < -0.4 is 36.2 Å². The minimum absolute atomic E-state index is 0.0154. The second-order valence-electron chi connectivity index (χ2n) is 15.7. The van der Waals surface area contributed by atoms with Crippen LogP contribution in [0.15, 0.2) is 66.9 Å². The number of amides is 4. The Bertz CT molecular complexity index is 2440. The van der Waals surface area contributed by atoms with Crippen molar-refractivity contribution in [1.29, 1.82) is 0 Å². The first-order chi connectivity index (χ1) is 30.5. The van der Waals surface area contributed by atoms with Crippen LogP contribution in [0, 0.1) is 0 Å². The molecule has 0 spiro atoms. The Kier molecular flexibility index (Phi) is 13.2. The second kappa shape index (κ2) is 18.9. The molecule has 0 radical (unpaired) electrons. The van der Waals surface area contributed by atoms with E-state index in [0.717, 1.165) is 56.0 Å². The van der Waals surface area contributed by atoms with Crippen molar-refractivity contribution < 1.29 is 37.5 Å². The number of hydrogen-bond acceptors (Lipinski definition) is 15. The van der Waals surface area contributed by atoms with E-state index >= 15 is 0 Å². The number of hydrogen-bond donors (Lipinski definition) is 4. The number of carbonyl (C=O) groups is 4. The first-order valence-corrected chi connectivity index (χ1v) is 22.7. The van der Waals surface area contributed by atoms with Crippen LogP contribution >= 0.6 is 19.2 Å². The molecule has 63 heavy (non-hydrogen) atoms. The zero-order valence-electron chi connectivity index (χ0n) is 35.3. The molecule has 3 saturated heterocycles. The predicted molar refractivity (Wildman–Crippen MR) is 239 cm³/mol. The Morgan fingerprint density at radius 1 is 0.905 bits per heavy atom. The Labute approximate surface area is 370 Å². The summed E-state index contributed by atoms with van der Waals surface area (Å²) in [4.78, 5) is 67.5. The van der Waals surface area contributed by atoms with Crippen molar-refractivity contribution >= 4 is 82.6 Å². The van der Waals surface area contributed by atoms with Crippen LogP contribution in [0.25, 0.3) is 0 Å². The lowest BCUT2D eigenvalue weighted by molar-refractivity contribution is -0.137. The molecule has 18 nitrogen and oxygen atoms in total. The number of methoxy groups -OCH3 is 1. The Hall–Kier alpha value is -5.78. The monoisotopic (exact) mass is 900 g/mol. The van der Waals surface area contributed by atoms with E-state index in [0.29, 0.717) is 59.4 Å². The van der Waals surface area contributed by atoms with Gasteiger partial charge in [0.2, 0.25) is 23.7 Å². The summed E-state index contributed by atoms with van der Waals surface area (Å²) in [7, 11) is 0.691. The number of anilines is 6. The minimum atomic E-state index is -3.57. The van der Waals surface area contributed by atoms with Crippen molar-refractivity contribution in [2.45, 2.75) is 44.3 Å². The van der Waals surface area contributed by atoms with Gasteiger partial charge in [0.1, 0.15) is 16.8 Å². The number of aromatic nitrogens is 2. The van der Waals surface area contributed by atoms with Crippen LogP contribution in [0.4, 0.5) is 34.5 Å². The van der Waals surface area contributed by atoms with Crippen LogP contribution in [0.3, 0.4) is 0 Å². The minimum Gasteiger partial charge on any atom is -0.494 e. The molecule has 332 valence electrons. The Morgan fingerprint density at radius 2 is 1.67 bits per heavy atom. The summed E-state index contributed by atoms with van der Waals surface area (Å²) in [5.74, 6) is 0.205. The van der Waals surface area contributed by atoms with E-state index in [1.807, 2.05) is 29.2 Å². The summed E-state index contributed by atoms with van der Waals surface area (Å²) < 4.78 is 29.4. The summed E-state index contributed by atoms with van der Waals surface area (Å²) in [5, 5.41) is 12.5. The lowest BCUT2D eigenvalue weighted by Gasteiger charge is -2.43. The molecule has 3 fully saturated rings. The van der Waals surface area contributed by atoms with Crippen molar-refractivity contribution in [1.82, 2.24) is 30.0 Å². The first kappa shape index (κ1) is 43.9. The van der Waals surface area contributed by atoms with E-state index < -0.39 is 19.5 Å². The smallest absolute Gasteiger partial charge is 0.362 e. The van der Waals surface area contributed by atoms with Gasteiger partial charge in [-0.2, -0.15) is 4.98 Å². The fraction of sp³-hybridized carbons (Fsp3) is 0.395. The van der Waals surface area contributed by atoms with Gasteiger partial charge in [-0.25, -0.2) is 4.98 Å². The molecule has 4 amide bonds. The lowest BCUT2D eigenvalue weighted by atomic mass is 10.0. The number of carbonyl (C=O) groups excluding carboxylic acids is 4. The second-order valence-corrected chi connectivity index (χ2v) is 18.3. The number of halogens is 1. The van der Waals surface area contributed by atoms with Gasteiger partial charge in [-0.1, -0.05) is 23.7 Å². The Morgan fingerprint density at radius 3 is 2.40 bits per heavy atom. The summed E-state index contributed by atoms with van der Waals surface area (Å²) >= 11 is 6.48. The fourth-order valence-corrected chi connectivity index (χ4v) is 10.0. The van der Waals surface area contributed by atoms with E-state index in [4.69, 9.17) is 25.4 Å². The van der Waals surface area contributed by atoms with Crippen LogP contribution in [0.2, 0.25) is 5.02 Å². The quantitative estimate of drug-likeness (QED) is 0.100. The van der Waals surface area contributed by atoms with E-state index in [1.165, 1.54) is 25.3 Å². The first-order valence-electron chi connectivity index (χ1n) is 20.8. The summed E-state index contributed by atoms with van der Waals surface area (Å²) in [6, 6.07) is 18.0. The number of rotatable bonds is 14. The largest absolute Gasteiger partial charge is 0.494 e. The molecule has 0 saturated carbocycles. The summed E-state index contributed by atoms with van der Waals surface area (Å²) in [6.45, 7) is 5.07. The number of nitrogens with zero attached hydrogens (tertiary/aromatic N) is 6. The Balaban J connectivity index is 0.804. The summed E-state index contributed by atoms with van der Waals surface area (Å²) in [5.41, 5.74) is 4.21. The maximum atomic E-state index is 13.3. The van der Waals surface area contributed by atoms with Crippen molar-refractivity contribution in [3.8, 4) is 5.75 Å². The molecule has 1 aromatic heterocycles. The number of imide groups is 1. The molecule has 5 heterocycles. The van der Waals surface area contributed by atoms with Gasteiger partial charge in [-0.05, 0) is 67.3 Å². The summed E-state index contributed by atoms with van der Waals surface area (Å²) in [6.07, 6.45) is 3.96. The standard InChI is InChI=1S/C43H50ClN10O8P/c1-60-36-23-30(9-11-33(36)48-43-46-24-32(44)40(50-43)47-34-6-4-5-7-37(34)63(59,61-2)62-3)51-16-14-29(15-17-51)52-18-20-53(21-19-52)39(56)25-45-28-8-10-31-27(22-28)26-54(42(31)58)35-12-13-38(55)49-41(35)57/h4-11,22-24,29,35,45H,12-21,25-26H2,1-3H3,(H,49,55,57)(H2,46,47,48,50). The maximum absolute atomic E-state index is 13.3. The number of piperidine rings is 2. The van der Waals surface area contributed by atoms with Gasteiger partial charge in [0, 0.05) is 95.5 Å². The molecular formula is C43H50ClN10O8P. The molecule has 0 aliphatic carbocycles. The van der Waals surface area contributed by atoms with Crippen molar-refractivity contribution in [3.05, 3.63) is 83.0 Å². The molecule has 4 aliphatic heterocycles. The number of nitrogens with one attached hydrogen (secondary N) is 4. The number of fused-ring (bicyclic) bond motifs is 1. The molecule has 8 rings (SSSR count). The molecule has 4 N–H and O–H groups in total. The van der Waals surface area contributed by atoms with E-state index in [9.17, 15) is 23.7 Å². The number of piperazine rings is 1. The van der Waals surface area contributed by atoms with Crippen LogP contribution in [0.1, 0.15) is 41.6 Å². The predicted octanol–water partition coefficient (Wildman–Crippen LogP) is 4.72. The van der Waals surface area contributed by atoms with Crippen LogP contribution in [0.5, 0.6) is 5.75 Å². The van der Waals surface area contributed by atoms with Crippen molar-refractivity contribution in [2.75, 3.05) is 88.0 Å². The third kappa shape index (κ3) is 9.45. The highest BCUT2D eigenvalue weighted by Crippen LogP contribution is 2.47. The van der Waals surface area contributed by atoms with Gasteiger partial charge in [-0.15, -0.1) is 0 Å². The van der Waals surface area contributed by atoms with Crippen molar-refractivity contribution in [2.24, 2.45) is 0 Å². The van der Waals surface area contributed by atoms with E-state index in [2.05, 4.69) is 41.0 Å². The van der Waals surface area contributed by atoms with Gasteiger partial charge in [0.25, 0.3) is 5.91 Å². The highest BCUT2D eigenvalue weighted by atomic mass is 35.5. The van der Waals surface area contributed by atoms with Gasteiger partial charge in [-0.3, -0.25) is 34.0 Å². The number of ether oxygens (including phenoxy) is 1. The zero-order valence-corrected chi connectivity index (χ0v) is 36.9. The molecular weight excluding hydrogens is 851 g/mol. The van der Waals surface area contributed by atoms with Crippen LogP contribution in [-0.4, -0.2) is 128 Å². The molecule has 4 aliphatic rings. The van der Waals surface area contributed by atoms with Gasteiger partial charge in [0.15, 0.2) is 5.82 Å². The maximum Gasteiger partial charge on any atom is 0.362 e. The normalized spacial score (nSPS) is 18.6. The average molecular weight is 901 g/mol. The van der Waals surface area contributed by atoms with Gasteiger partial charge in [0.05, 0.1) is 36.5 Å². The van der Waals surface area contributed by atoms with Gasteiger partial charge < -0.3 is 44.4 Å². The number of para-hydroxylation sites is 1. The SMILES string of the molecule is COc1cc(N2CCC(N3CCN(C(=O)CNc4ccc5c(c4)CN(C4CCC(=O)NC4=O)C5=O)CC3)CC2)ccc1Nc1ncc(Cl)c(Nc2ccccc2P(=O)(OC)OC)n1. The third-order valence-electron chi connectivity index (χ3n) is 12.1. The van der Waals surface area contributed by atoms with Crippen LogP contribution in [-0.2, 0) is 34.5 Å². The highest BCUT2D eigenvalue weighted by molar-refractivity contribution is 7.62. The van der Waals surface area contributed by atoms with E-state index in [-0.39, 0.29) is 48.2 Å². The molecule has 20 heteroatoms. The van der Waals surface area contributed by atoms with Gasteiger partial charge >= 0.3 is 7.60 Å². The molecule has 3 aromatic carbocycles. The number of benzene rings is 3. The molecule has 1 atom stereocenters. The highest BCUT2D eigenvalue weighted by Gasteiger charge is 2.39. The van der Waals surface area contributed by atoms with Crippen molar-refractivity contribution in [3.63, 3.8) is 0 Å². The topological polar surface area (TPSA) is 200 Å². The molecule has 4 aromatic rings. The average Bonchev–Trinajstić information content (AvgIpc) is 3.63. The lowest BCUT2D eigenvalue weighted by Crippen LogP contribution is -2.55. The molecule has 1 unspecified atom stereocenters. The zero-order chi connectivity index (χ0) is 44.3.